The van der Waals surface area contributed by atoms with Crippen LogP contribution in [0.4, 0.5) is 0 Å². The zero-order chi connectivity index (χ0) is 14.9. The Morgan fingerprint density at radius 1 is 1.45 bits per heavy atom. The van der Waals surface area contributed by atoms with Crippen molar-refractivity contribution in [3.05, 3.63) is 17.0 Å². The summed E-state index contributed by atoms with van der Waals surface area (Å²) < 4.78 is 27.3. The first-order valence-corrected chi connectivity index (χ1v) is 8.23. The molecule has 0 aromatic carbocycles. The van der Waals surface area contributed by atoms with Gasteiger partial charge in [0.25, 0.3) is 0 Å². The van der Waals surface area contributed by atoms with Gasteiger partial charge in [0.15, 0.2) is 5.69 Å². The molecule has 2 heterocycles. The number of unbranched alkanes of at least 4 members (excludes halogenated alkanes) is 1. The van der Waals surface area contributed by atoms with Crippen LogP contribution in [0.1, 0.15) is 41.5 Å². The lowest BCUT2D eigenvalue weighted by Crippen LogP contribution is -2.38. The van der Waals surface area contributed by atoms with Crippen LogP contribution in [-0.4, -0.2) is 45.9 Å². The van der Waals surface area contributed by atoms with Gasteiger partial charge in [0.2, 0.25) is 10.0 Å². The largest absolute Gasteiger partial charge is 0.476 e. The number of hydrogen-bond donors (Lipinski definition) is 1. The molecular weight excluding hydrogens is 282 g/mol. The number of fused-ring (bicyclic) bond motifs is 1. The molecule has 112 valence electrons. The van der Waals surface area contributed by atoms with Crippen LogP contribution in [0.15, 0.2) is 0 Å². The number of aromatic nitrogens is 2. The summed E-state index contributed by atoms with van der Waals surface area (Å²) in [7, 11) is -1.62. The maximum atomic E-state index is 12.2. The average Bonchev–Trinajstić information content (AvgIpc) is 2.74. The highest BCUT2D eigenvalue weighted by Crippen LogP contribution is 2.24. The number of sulfonamides is 1. The number of hydrogen-bond acceptors (Lipinski definition) is 4. The van der Waals surface area contributed by atoms with Crippen LogP contribution < -0.4 is 0 Å². The molecule has 0 fully saturated rings. The van der Waals surface area contributed by atoms with Gasteiger partial charge >= 0.3 is 5.97 Å². The van der Waals surface area contributed by atoms with Gasteiger partial charge in [-0.2, -0.15) is 9.40 Å². The molecule has 0 aliphatic carbocycles. The fourth-order valence-corrected chi connectivity index (χ4v) is 4.01. The van der Waals surface area contributed by atoms with Gasteiger partial charge in [-0.15, -0.1) is 0 Å². The SMILES string of the molecule is CCCCS(=O)(=O)N1CCc2c(C(=O)O)nn(C)c2C1. The third-order valence-corrected chi connectivity index (χ3v) is 5.47. The zero-order valence-corrected chi connectivity index (χ0v) is 12.5. The molecule has 1 aromatic rings. The molecule has 0 bridgehead atoms. The fourth-order valence-electron chi connectivity index (χ4n) is 2.41. The van der Waals surface area contributed by atoms with Crippen molar-refractivity contribution in [3.63, 3.8) is 0 Å². The minimum Gasteiger partial charge on any atom is -0.476 e. The number of aryl methyl sites for hydroxylation is 1. The van der Waals surface area contributed by atoms with E-state index in [2.05, 4.69) is 5.10 Å². The van der Waals surface area contributed by atoms with E-state index in [-0.39, 0.29) is 18.0 Å². The second kappa shape index (κ2) is 5.53. The third kappa shape index (κ3) is 2.71. The smallest absolute Gasteiger partial charge is 0.356 e. The molecule has 8 heteroatoms. The number of aromatic carboxylic acids is 1. The summed E-state index contributed by atoms with van der Waals surface area (Å²) in [6.07, 6.45) is 1.86. The topological polar surface area (TPSA) is 92.5 Å². The lowest BCUT2D eigenvalue weighted by Gasteiger charge is -2.26. The summed E-state index contributed by atoms with van der Waals surface area (Å²) in [5, 5.41) is 13.1. The molecule has 0 spiro atoms. The molecule has 20 heavy (non-hydrogen) atoms. The van der Waals surface area contributed by atoms with Crippen LogP contribution in [0.5, 0.6) is 0 Å². The quantitative estimate of drug-likeness (QED) is 0.860. The Morgan fingerprint density at radius 3 is 2.75 bits per heavy atom. The van der Waals surface area contributed by atoms with Gasteiger partial charge in [0.1, 0.15) is 0 Å². The summed E-state index contributed by atoms with van der Waals surface area (Å²) in [6.45, 7) is 2.48. The molecule has 0 radical (unpaired) electrons. The molecular formula is C12H19N3O4S. The Hall–Kier alpha value is -1.41. The third-order valence-electron chi connectivity index (χ3n) is 3.56. The van der Waals surface area contributed by atoms with Crippen molar-refractivity contribution in [2.75, 3.05) is 12.3 Å². The second-order valence-electron chi connectivity index (χ2n) is 4.96. The van der Waals surface area contributed by atoms with E-state index < -0.39 is 16.0 Å². The van der Waals surface area contributed by atoms with Gasteiger partial charge in [-0.05, 0) is 12.8 Å². The van der Waals surface area contributed by atoms with E-state index in [4.69, 9.17) is 5.11 Å². The first kappa shape index (κ1) is 15.0. The summed E-state index contributed by atoms with van der Waals surface area (Å²) in [4.78, 5) is 11.1. The van der Waals surface area contributed by atoms with E-state index in [0.29, 0.717) is 30.6 Å². The van der Waals surface area contributed by atoms with Crippen molar-refractivity contribution in [1.82, 2.24) is 14.1 Å². The Balaban J connectivity index is 2.26. The molecule has 1 aromatic heterocycles. The van der Waals surface area contributed by atoms with E-state index in [1.165, 1.54) is 8.99 Å². The van der Waals surface area contributed by atoms with Crippen molar-refractivity contribution < 1.29 is 18.3 Å². The monoisotopic (exact) mass is 301 g/mol. The summed E-state index contributed by atoms with van der Waals surface area (Å²) in [5.41, 5.74) is 1.36. The maximum absolute atomic E-state index is 12.2. The molecule has 2 rings (SSSR count). The molecule has 1 aliphatic heterocycles. The second-order valence-corrected chi connectivity index (χ2v) is 7.04. The molecule has 0 saturated heterocycles. The van der Waals surface area contributed by atoms with Crippen LogP contribution in [-0.2, 0) is 30.0 Å². The van der Waals surface area contributed by atoms with E-state index in [1.54, 1.807) is 7.05 Å². The standard InChI is InChI=1S/C12H19N3O4S/c1-3-4-7-20(18,19)15-6-5-9-10(8-15)14(2)13-11(9)12(16)17/h3-8H2,1-2H3,(H,16,17). The molecule has 7 nitrogen and oxygen atoms in total. The van der Waals surface area contributed by atoms with E-state index in [9.17, 15) is 13.2 Å². The van der Waals surface area contributed by atoms with Crippen molar-refractivity contribution in [1.29, 1.82) is 0 Å². The van der Waals surface area contributed by atoms with Crippen molar-refractivity contribution in [2.45, 2.75) is 32.7 Å². The average molecular weight is 301 g/mol. The molecule has 0 unspecified atom stereocenters. The number of carboxylic acids is 1. The summed E-state index contributed by atoms with van der Waals surface area (Å²) in [5.74, 6) is -0.924. The molecule has 1 aliphatic rings. The van der Waals surface area contributed by atoms with Gasteiger partial charge in [-0.3, -0.25) is 4.68 Å². The van der Waals surface area contributed by atoms with Crippen LogP contribution >= 0.6 is 0 Å². The van der Waals surface area contributed by atoms with E-state index in [1.807, 2.05) is 6.92 Å². The van der Waals surface area contributed by atoms with Gasteiger partial charge in [0.05, 0.1) is 18.0 Å². The number of rotatable bonds is 5. The van der Waals surface area contributed by atoms with Gasteiger partial charge < -0.3 is 5.11 Å². The summed E-state index contributed by atoms with van der Waals surface area (Å²) >= 11 is 0. The van der Waals surface area contributed by atoms with Gasteiger partial charge in [0, 0.05) is 19.2 Å². The van der Waals surface area contributed by atoms with Crippen molar-refractivity contribution in [3.8, 4) is 0 Å². The van der Waals surface area contributed by atoms with E-state index in [0.717, 1.165) is 6.42 Å². The Labute approximate surface area is 118 Å². The zero-order valence-electron chi connectivity index (χ0n) is 11.7. The first-order valence-electron chi connectivity index (χ1n) is 6.62. The number of carbonyl (C=O) groups is 1. The predicted octanol–water partition coefficient (Wildman–Crippen LogP) is 0.606. The minimum atomic E-state index is -3.27. The maximum Gasteiger partial charge on any atom is 0.356 e. The van der Waals surface area contributed by atoms with Crippen LogP contribution in [0, 0.1) is 0 Å². The highest BCUT2D eigenvalue weighted by Gasteiger charge is 2.31. The first-order chi connectivity index (χ1) is 9.36. The van der Waals surface area contributed by atoms with Crippen molar-refractivity contribution in [2.24, 2.45) is 7.05 Å². The molecule has 0 amide bonds. The number of nitrogens with zero attached hydrogens (tertiary/aromatic N) is 3. The Kier molecular flexibility index (Phi) is 4.14. The fraction of sp³-hybridized carbons (Fsp3) is 0.667. The van der Waals surface area contributed by atoms with Gasteiger partial charge in [-0.1, -0.05) is 13.3 Å². The van der Waals surface area contributed by atoms with Crippen molar-refractivity contribution >= 4 is 16.0 Å². The number of carboxylic acid groups (broad SMARTS) is 1. The normalized spacial score (nSPS) is 16.1. The minimum absolute atomic E-state index is 0.0353. The molecule has 1 N–H and O–H groups in total. The summed E-state index contributed by atoms with van der Waals surface area (Å²) in [6, 6.07) is 0. The highest BCUT2D eigenvalue weighted by molar-refractivity contribution is 7.89. The Bertz CT molecular complexity index is 621. The van der Waals surface area contributed by atoms with E-state index >= 15 is 0 Å². The molecule has 0 atom stereocenters. The van der Waals surface area contributed by atoms with Crippen LogP contribution in [0.25, 0.3) is 0 Å². The Morgan fingerprint density at radius 2 is 2.15 bits per heavy atom. The predicted molar refractivity (Wildman–Crippen MR) is 73.0 cm³/mol. The molecule has 0 saturated carbocycles. The van der Waals surface area contributed by atoms with Crippen LogP contribution in [0.2, 0.25) is 0 Å². The van der Waals surface area contributed by atoms with Crippen LogP contribution in [0.3, 0.4) is 0 Å². The van der Waals surface area contributed by atoms with Gasteiger partial charge in [-0.25, -0.2) is 13.2 Å². The highest BCUT2D eigenvalue weighted by atomic mass is 32.2. The lowest BCUT2D eigenvalue weighted by atomic mass is 10.1. The lowest BCUT2D eigenvalue weighted by molar-refractivity contribution is 0.0688.